The van der Waals surface area contributed by atoms with E-state index in [0.717, 1.165) is 12.3 Å². The minimum atomic E-state index is -0.00298. The standard InChI is InChI=1S/C7H10N2OS.C2H6/c1-6(10)7-8-2-3-9(7)4-5-11;1-2/h2-3,11H,4-5H2,1H3;1-2H3. The highest BCUT2D eigenvalue weighted by Crippen LogP contribution is 1.98. The van der Waals surface area contributed by atoms with Crippen molar-refractivity contribution in [1.29, 1.82) is 0 Å². The zero-order valence-corrected chi connectivity index (χ0v) is 9.21. The molecular formula is C9H16N2OS. The molecule has 4 heteroatoms. The summed E-state index contributed by atoms with van der Waals surface area (Å²) in [5.74, 6) is 1.23. The lowest BCUT2D eigenvalue weighted by Gasteiger charge is -2.00. The Morgan fingerprint density at radius 2 is 2.23 bits per heavy atom. The van der Waals surface area contributed by atoms with E-state index in [2.05, 4.69) is 17.6 Å². The van der Waals surface area contributed by atoms with Crippen molar-refractivity contribution in [2.75, 3.05) is 5.75 Å². The van der Waals surface area contributed by atoms with Gasteiger partial charge < -0.3 is 4.57 Å². The van der Waals surface area contributed by atoms with Crippen molar-refractivity contribution in [1.82, 2.24) is 9.55 Å². The monoisotopic (exact) mass is 200 g/mol. The zero-order valence-electron chi connectivity index (χ0n) is 8.32. The van der Waals surface area contributed by atoms with Crippen molar-refractivity contribution in [3.63, 3.8) is 0 Å². The molecule has 1 heterocycles. The molecule has 0 unspecified atom stereocenters. The Bertz CT molecular complexity index is 258. The first-order chi connectivity index (χ1) is 6.25. The van der Waals surface area contributed by atoms with Crippen molar-refractivity contribution in [3.05, 3.63) is 18.2 Å². The molecule has 13 heavy (non-hydrogen) atoms. The average molecular weight is 200 g/mol. The van der Waals surface area contributed by atoms with E-state index in [0.29, 0.717) is 5.82 Å². The number of Topliss-reactive ketones (excluding diaryl/α,β-unsaturated/α-hetero) is 1. The molecule has 0 aliphatic heterocycles. The molecule has 0 N–H and O–H groups in total. The molecule has 0 saturated heterocycles. The van der Waals surface area contributed by atoms with E-state index in [9.17, 15) is 4.79 Å². The van der Waals surface area contributed by atoms with Crippen LogP contribution in [0.25, 0.3) is 0 Å². The number of imidazole rings is 1. The molecule has 1 aromatic heterocycles. The summed E-state index contributed by atoms with van der Waals surface area (Å²) >= 11 is 4.06. The summed E-state index contributed by atoms with van der Waals surface area (Å²) in [4.78, 5) is 14.8. The number of nitrogens with zero attached hydrogens (tertiary/aromatic N) is 2. The summed E-state index contributed by atoms with van der Waals surface area (Å²) in [5.41, 5.74) is 0. The number of thiol groups is 1. The van der Waals surface area contributed by atoms with Gasteiger partial charge >= 0.3 is 0 Å². The van der Waals surface area contributed by atoms with Crippen LogP contribution in [0.2, 0.25) is 0 Å². The molecular weight excluding hydrogens is 184 g/mol. The van der Waals surface area contributed by atoms with E-state index in [1.165, 1.54) is 6.92 Å². The molecule has 0 aliphatic carbocycles. The van der Waals surface area contributed by atoms with E-state index in [-0.39, 0.29) is 5.78 Å². The number of aromatic nitrogens is 2. The van der Waals surface area contributed by atoms with E-state index in [1.54, 1.807) is 17.0 Å². The van der Waals surface area contributed by atoms with Crippen LogP contribution in [0.1, 0.15) is 31.4 Å². The average Bonchev–Trinajstić information content (AvgIpc) is 2.57. The molecule has 74 valence electrons. The van der Waals surface area contributed by atoms with Gasteiger partial charge in [0.15, 0.2) is 11.6 Å². The molecule has 0 aliphatic rings. The molecule has 0 radical (unpaired) electrons. The lowest BCUT2D eigenvalue weighted by molar-refractivity contribution is 0.0999. The van der Waals surface area contributed by atoms with Crippen LogP contribution in [-0.2, 0) is 6.54 Å². The molecule has 3 nitrogen and oxygen atoms in total. The quantitative estimate of drug-likeness (QED) is 0.598. The Labute approximate surface area is 84.6 Å². The van der Waals surface area contributed by atoms with Crippen molar-refractivity contribution in [2.45, 2.75) is 27.3 Å². The molecule has 0 spiro atoms. The summed E-state index contributed by atoms with van der Waals surface area (Å²) < 4.78 is 1.80. The van der Waals surface area contributed by atoms with Gasteiger partial charge in [-0.1, -0.05) is 13.8 Å². The van der Waals surface area contributed by atoms with Crippen LogP contribution in [0.4, 0.5) is 0 Å². The molecule has 0 atom stereocenters. The maximum Gasteiger partial charge on any atom is 0.195 e. The van der Waals surface area contributed by atoms with Crippen LogP contribution in [0.3, 0.4) is 0 Å². The second-order valence-corrected chi connectivity index (χ2v) is 2.67. The molecule has 0 bridgehead atoms. The normalized spacial score (nSPS) is 8.92. The van der Waals surface area contributed by atoms with Crippen molar-refractivity contribution < 1.29 is 4.79 Å². The molecule has 0 fully saturated rings. The van der Waals surface area contributed by atoms with Gasteiger partial charge in [0.25, 0.3) is 0 Å². The molecule has 1 aromatic rings. The highest BCUT2D eigenvalue weighted by molar-refractivity contribution is 7.80. The third kappa shape index (κ3) is 3.63. The van der Waals surface area contributed by atoms with Gasteiger partial charge in [-0.15, -0.1) is 0 Å². The Hall–Kier alpha value is -0.770. The van der Waals surface area contributed by atoms with Gasteiger partial charge in [-0.2, -0.15) is 12.6 Å². The first-order valence-electron chi connectivity index (χ1n) is 4.38. The maximum atomic E-state index is 10.9. The zero-order chi connectivity index (χ0) is 10.3. The number of ketones is 1. The predicted molar refractivity (Wildman–Crippen MR) is 57.4 cm³/mol. The highest BCUT2D eigenvalue weighted by atomic mass is 32.1. The minimum absolute atomic E-state index is 0.00298. The van der Waals surface area contributed by atoms with Gasteiger partial charge in [-0.05, 0) is 0 Å². The number of aryl methyl sites for hydroxylation is 1. The summed E-state index contributed by atoms with van der Waals surface area (Å²) in [5, 5.41) is 0. The summed E-state index contributed by atoms with van der Waals surface area (Å²) in [6.07, 6.45) is 3.41. The van der Waals surface area contributed by atoms with Gasteiger partial charge in [0.1, 0.15) is 0 Å². The van der Waals surface area contributed by atoms with Crippen molar-refractivity contribution >= 4 is 18.4 Å². The molecule has 1 rings (SSSR count). The fourth-order valence-corrected chi connectivity index (χ4v) is 1.13. The van der Waals surface area contributed by atoms with Gasteiger partial charge in [0.2, 0.25) is 0 Å². The number of rotatable bonds is 3. The predicted octanol–water partition coefficient (Wildman–Crippen LogP) is 2.04. The third-order valence-electron chi connectivity index (χ3n) is 1.37. The van der Waals surface area contributed by atoms with Crippen LogP contribution >= 0.6 is 12.6 Å². The van der Waals surface area contributed by atoms with Crippen LogP contribution in [0.5, 0.6) is 0 Å². The molecule has 0 aromatic carbocycles. The Kier molecular flexibility index (Phi) is 6.32. The summed E-state index contributed by atoms with van der Waals surface area (Å²) in [6, 6.07) is 0. The van der Waals surface area contributed by atoms with Gasteiger partial charge in [-0.25, -0.2) is 4.98 Å². The van der Waals surface area contributed by atoms with E-state index >= 15 is 0 Å². The van der Waals surface area contributed by atoms with Gasteiger partial charge in [-0.3, -0.25) is 4.79 Å². The second kappa shape index (κ2) is 6.71. The fourth-order valence-electron chi connectivity index (χ4n) is 0.910. The Morgan fingerprint density at radius 1 is 1.62 bits per heavy atom. The van der Waals surface area contributed by atoms with E-state index < -0.39 is 0 Å². The van der Waals surface area contributed by atoms with Crippen LogP contribution < -0.4 is 0 Å². The summed E-state index contributed by atoms with van der Waals surface area (Å²) in [7, 11) is 0. The minimum Gasteiger partial charge on any atom is -0.328 e. The van der Waals surface area contributed by atoms with E-state index in [4.69, 9.17) is 0 Å². The second-order valence-electron chi connectivity index (χ2n) is 2.22. The highest BCUT2D eigenvalue weighted by Gasteiger charge is 2.05. The first kappa shape index (κ1) is 12.2. The first-order valence-corrected chi connectivity index (χ1v) is 5.02. The number of carbonyl (C=O) groups is 1. The third-order valence-corrected chi connectivity index (χ3v) is 1.57. The smallest absolute Gasteiger partial charge is 0.195 e. The summed E-state index contributed by atoms with van der Waals surface area (Å²) in [6.45, 7) is 6.25. The number of hydrogen-bond donors (Lipinski definition) is 1. The topological polar surface area (TPSA) is 34.9 Å². The van der Waals surface area contributed by atoms with Crippen LogP contribution in [0.15, 0.2) is 12.4 Å². The fraction of sp³-hybridized carbons (Fsp3) is 0.556. The lowest BCUT2D eigenvalue weighted by atomic mass is 10.4. The van der Waals surface area contributed by atoms with Gasteiger partial charge in [0, 0.05) is 31.6 Å². The van der Waals surface area contributed by atoms with Crippen LogP contribution in [0, 0.1) is 0 Å². The van der Waals surface area contributed by atoms with Crippen molar-refractivity contribution in [3.8, 4) is 0 Å². The number of hydrogen-bond acceptors (Lipinski definition) is 3. The lowest BCUT2D eigenvalue weighted by Crippen LogP contribution is -2.07. The molecule has 0 saturated carbocycles. The maximum absolute atomic E-state index is 10.9. The SMILES string of the molecule is CC.CC(=O)c1nccn1CCS. The molecule has 0 amide bonds. The van der Waals surface area contributed by atoms with E-state index in [1.807, 2.05) is 13.8 Å². The Morgan fingerprint density at radius 3 is 2.69 bits per heavy atom. The number of carbonyl (C=O) groups excluding carboxylic acids is 1. The van der Waals surface area contributed by atoms with Crippen LogP contribution in [-0.4, -0.2) is 21.1 Å². The van der Waals surface area contributed by atoms with Gasteiger partial charge in [0.05, 0.1) is 0 Å². The Balaban J connectivity index is 0.000000671. The largest absolute Gasteiger partial charge is 0.328 e. The van der Waals surface area contributed by atoms with Crippen molar-refractivity contribution in [2.24, 2.45) is 0 Å².